The van der Waals surface area contributed by atoms with Crippen LogP contribution in [0.4, 0.5) is 0 Å². The molecule has 0 aromatic heterocycles. The lowest BCUT2D eigenvalue weighted by Crippen LogP contribution is -2.49. The van der Waals surface area contributed by atoms with E-state index in [1.54, 1.807) is 13.8 Å². The fourth-order valence-corrected chi connectivity index (χ4v) is 16.3. The second-order valence-corrected chi connectivity index (χ2v) is 23.1. The number of allylic oxidation sites excluding steroid dienone is 8. The Kier molecular flexibility index (Phi) is 15.3. The summed E-state index contributed by atoms with van der Waals surface area (Å²) in [5.74, 6) is 5.26. The summed E-state index contributed by atoms with van der Waals surface area (Å²) in [4.78, 5) is 49.1. The van der Waals surface area contributed by atoms with Crippen molar-refractivity contribution in [1.29, 1.82) is 0 Å². The largest absolute Gasteiger partial charge is 0.465 e. The van der Waals surface area contributed by atoms with Gasteiger partial charge in [-0.2, -0.15) is 0 Å². The number of hydrogen-bond acceptors (Lipinski definition) is 7. The summed E-state index contributed by atoms with van der Waals surface area (Å²) >= 11 is 3.74. The number of ether oxygens (including phenoxy) is 3. The van der Waals surface area contributed by atoms with E-state index < -0.39 is 17.9 Å². The highest BCUT2D eigenvalue weighted by atomic mass is 79.9. The molecule has 1 aliphatic heterocycles. The fraction of sp³-hybridized carbons (Fsp3) is 0.782. The van der Waals surface area contributed by atoms with Gasteiger partial charge < -0.3 is 14.2 Å². The van der Waals surface area contributed by atoms with Crippen LogP contribution in [0, 0.1) is 86.8 Å². The molecule has 0 amide bonds. The average Bonchev–Trinajstić information content (AvgIpc) is 4.04. The number of rotatable bonds is 9. The second kappa shape index (κ2) is 19.9. The Labute approximate surface area is 389 Å². The van der Waals surface area contributed by atoms with E-state index in [9.17, 15) is 19.2 Å². The number of fused-ring (bicyclic) bond motifs is 10. The van der Waals surface area contributed by atoms with E-state index in [0.29, 0.717) is 47.7 Å². The zero-order chi connectivity index (χ0) is 45.3. The maximum atomic E-state index is 12.6. The standard InChI is InChI=1S/C29H42O5.C22H31BrO.C4H8O/c1-6-33-26(31)22(27(32)34-7-2)16-18(3)23-10-11-24-21-9-8-19-17-20(30)12-14-28(19,4)25(21)13-15-29(23,24)5;1-14(13-23)18-6-7-19-17-5-4-15-12-16(24)8-10-21(15,2)20(17)9-11-22(18,19)3;1-2-4-5-3-1/h8-9,17-18,21-25H,6-7,10-16H2,1-5H3;4-5,12,14,17-20H,6-11,13H2,1-3H3;1-4H2/t18-,21?,23?,24?,25?,28+,29-;14-,17?,18?,19?,20?,21+,22-;/m11./s1. The Morgan fingerprint density at radius 2 is 1.11 bits per heavy atom. The van der Waals surface area contributed by atoms with Gasteiger partial charge in [-0.25, -0.2) is 0 Å². The van der Waals surface area contributed by atoms with Crippen molar-refractivity contribution < 1.29 is 33.4 Å². The summed E-state index contributed by atoms with van der Waals surface area (Å²) in [7, 11) is 0. The van der Waals surface area contributed by atoms with Gasteiger partial charge in [0.15, 0.2) is 17.5 Å². The van der Waals surface area contributed by atoms with Crippen molar-refractivity contribution in [3.63, 3.8) is 0 Å². The van der Waals surface area contributed by atoms with Gasteiger partial charge in [0.1, 0.15) is 0 Å². The minimum absolute atomic E-state index is 0.108. The average molecular weight is 934 g/mol. The zero-order valence-corrected chi connectivity index (χ0v) is 41.8. The van der Waals surface area contributed by atoms with Crippen LogP contribution in [-0.4, -0.2) is 55.3 Å². The van der Waals surface area contributed by atoms with E-state index in [0.717, 1.165) is 73.8 Å². The molecule has 1 heterocycles. The smallest absolute Gasteiger partial charge is 0.320 e. The molecular weight excluding hydrogens is 853 g/mol. The van der Waals surface area contributed by atoms with E-state index in [2.05, 4.69) is 81.8 Å². The van der Waals surface area contributed by atoms with Gasteiger partial charge >= 0.3 is 11.9 Å². The second-order valence-electron chi connectivity index (χ2n) is 22.4. The molecule has 4 saturated carbocycles. The van der Waals surface area contributed by atoms with Gasteiger partial charge in [0, 0.05) is 31.4 Å². The number of ketones is 2. The Hall–Kier alpha value is -2.32. The molecule has 0 spiro atoms. The molecule has 8 unspecified atom stereocenters. The van der Waals surface area contributed by atoms with Crippen LogP contribution in [0.25, 0.3) is 0 Å². The molecule has 1 saturated heterocycles. The third kappa shape index (κ3) is 9.23. The lowest BCUT2D eigenvalue weighted by Gasteiger charge is -2.56. The quantitative estimate of drug-likeness (QED) is 0.129. The summed E-state index contributed by atoms with van der Waals surface area (Å²) in [6, 6.07) is 0. The van der Waals surface area contributed by atoms with Gasteiger partial charge in [-0.05, 0) is 201 Å². The molecule has 9 aliphatic rings. The van der Waals surface area contributed by atoms with E-state index in [1.165, 1.54) is 68.9 Å². The molecule has 9 rings (SSSR count). The first kappa shape index (κ1) is 48.6. The molecule has 8 heteroatoms. The molecule has 0 aromatic carbocycles. The van der Waals surface area contributed by atoms with Crippen LogP contribution in [0.15, 0.2) is 47.6 Å². The van der Waals surface area contributed by atoms with Crippen LogP contribution in [0.2, 0.25) is 0 Å². The summed E-state index contributed by atoms with van der Waals surface area (Å²) in [5, 5.41) is 1.14. The molecule has 350 valence electrons. The van der Waals surface area contributed by atoms with E-state index in [-0.39, 0.29) is 41.2 Å². The predicted molar refractivity (Wildman–Crippen MR) is 254 cm³/mol. The molecule has 5 fully saturated rings. The molecular formula is C55H81BrO7. The Morgan fingerprint density at radius 1 is 0.667 bits per heavy atom. The van der Waals surface area contributed by atoms with Crippen LogP contribution in [0.1, 0.15) is 152 Å². The number of esters is 2. The van der Waals surface area contributed by atoms with Crippen molar-refractivity contribution in [2.75, 3.05) is 31.8 Å². The molecule has 7 nitrogen and oxygen atoms in total. The van der Waals surface area contributed by atoms with Gasteiger partial charge in [0.2, 0.25) is 0 Å². The van der Waals surface area contributed by atoms with Gasteiger partial charge in [0.25, 0.3) is 0 Å². The van der Waals surface area contributed by atoms with Crippen LogP contribution < -0.4 is 0 Å². The third-order valence-electron chi connectivity index (χ3n) is 19.4. The van der Waals surface area contributed by atoms with Gasteiger partial charge in [0.05, 0.1) is 13.2 Å². The van der Waals surface area contributed by atoms with Crippen molar-refractivity contribution in [2.24, 2.45) is 86.8 Å². The molecule has 14 atom stereocenters. The Balaban J connectivity index is 0.000000177. The Morgan fingerprint density at radius 3 is 1.51 bits per heavy atom. The maximum Gasteiger partial charge on any atom is 0.320 e. The highest BCUT2D eigenvalue weighted by molar-refractivity contribution is 9.09. The van der Waals surface area contributed by atoms with Crippen molar-refractivity contribution in [3.05, 3.63) is 47.6 Å². The monoisotopic (exact) mass is 933 g/mol. The number of carbonyl (C=O) groups is 4. The van der Waals surface area contributed by atoms with E-state index >= 15 is 0 Å². The minimum Gasteiger partial charge on any atom is -0.465 e. The maximum absolute atomic E-state index is 12.6. The summed E-state index contributed by atoms with van der Waals surface area (Å²) in [6.07, 6.45) is 30.0. The molecule has 0 bridgehead atoms. The lowest BCUT2D eigenvalue weighted by molar-refractivity contribution is -0.163. The summed E-state index contributed by atoms with van der Waals surface area (Å²) in [5.41, 5.74) is 3.63. The fourth-order valence-electron chi connectivity index (χ4n) is 15.9. The van der Waals surface area contributed by atoms with Gasteiger partial charge in [-0.1, -0.05) is 81.8 Å². The normalized spacial score (nSPS) is 40.5. The first-order valence-corrected chi connectivity index (χ1v) is 26.5. The topological polar surface area (TPSA) is 96.0 Å². The SMILES string of the molecule is C1CCOC1.CCOC(=O)C(C[C@@H](C)C1CCC2C3C=CC4=CC(=O)CC[C@]4(C)C3CC[C@@]21C)C(=O)OCC.C[C@H](CBr)C1CCC2C3C=CC4=CC(=O)CC[C@]4(C)C3CC[C@@]21C. The van der Waals surface area contributed by atoms with Crippen molar-refractivity contribution in [3.8, 4) is 0 Å². The first-order chi connectivity index (χ1) is 30.0. The molecule has 0 radical (unpaired) electrons. The molecule has 0 N–H and O–H groups in total. The number of halogens is 1. The van der Waals surface area contributed by atoms with Crippen molar-refractivity contribution >= 4 is 39.4 Å². The summed E-state index contributed by atoms with van der Waals surface area (Å²) < 4.78 is 15.4. The van der Waals surface area contributed by atoms with E-state index in [4.69, 9.17) is 14.2 Å². The van der Waals surface area contributed by atoms with Crippen LogP contribution in [-0.2, 0) is 33.4 Å². The third-order valence-corrected chi connectivity index (χ3v) is 20.4. The highest BCUT2D eigenvalue weighted by Crippen LogP contribution is 2.68. The van der Waals surface area contributed by atoms with Crippen LogP contribution in [0.3, 0.4) is 0 Å². The lowest BCUT2D eigenvalue weighted by atomic mass is 9.48. The summed E-state index contributed by atoms with van der Waals surface area (Å²) in [6.45, 7) is 20.6. The first-order valence-electron chi connectivity index (χ1n) is 25.4. The number of hydrogen-bond donors (Lipinski definition) is 0. The van der Waals surface area contributed by atoms with Crippen LogP contribution in [0.5, 0.6) is 0 Å². The van der Waals surface area contributed by atoms with Gasteiger partial charge in [-0.3, -0.25) is 19.2 Å². The van der Waals surface area contributed by atoms with Crippen molar-refractivity contribution in [1.82, 2.24) is 0 Å². The minimum atomic E-state index is -0.838. The number of carbonyl (C=O) groups excluding carboxylic acids is 4. The highest BCUT2D eigenvalue weighted by Gasteiger charge is 2.60. The molecule has 63 heavy (non-hydrogen) atoms. The molecule has 8 aliphatic carbocycles. The zero-order valence-electron chi connectivity index (χ0n) is 40.2. The van der Waals surface area contributed by atoms with Crippen LogP contribution >= 0.6 is 15.9 Å². The van der Waals surface area contributed by atoms with Crippen molar-refractivity contribution in [2.45, 2.75) is 152 Å². The molecule has 0 aromatic rings. The Bertz CT molecular complexity index is 1800. The predicted octanol–water partition coefficient (Wildman–Crippen LogP) is 12.4. The van der Waals surface area contributed by atoms with E-state index in [1.807, 2.05) is 12.2 Å². The van der Waals surface area contributed by atoms with Gasteiger partial charge in [-0.15, -0.1) is 0 Å². The number of alkyl halides is 1.